The molecule has 0 aromatic heterocycles. The van der Waals surface area contributed by atoms with Crippen LogP contribution in [-0.2, 0) is 9.59 Å². The van der Waals surface area contributed by atoms with Gasteiger partial charge >= 0.3 is 5.97 Å². The fraction of sp³-hybridized carbons (Fsp3) is 0.429. The highest BCUT2D eigenvalue weighted by atomic mass is 16.4. The van der Waals surface area contributed by atoms with E-state index in [-0.39, 0.29) is 18.5 Å². The quantitative estimate of drug-likeness (QED) is 0.741. The fourth-order valence-electron chi connectivity index (χ4n) is 2.54. The Balaban J connectivity index is 2.08. The number of rotatable bonds is 4. The zero-order chi connectivity index (χ0) is 14.7. The SMILES string of the molecule is Cc1cccc(NC2CC(C(=O)O)N(C(=O)CN)C2)c1. The molecule has 1 aliphatic heterocycles. The molecule has 108 valence electrons. The molecule has 2 rings (SSSR count). The molecule has 1 aromatic carbocycles. The van der Waals surface area contributed by atoms with E-state index in [1.165, 1.54) is 4.90 Å². The lowest BCUT2D eigenvalue weighted by Gasteiger charge is -2.20. The minimum Gasteiger partial charge on any atom is -0.480 e. The van der Waals surface area contributed by atoms with Crippen LogP contribution in [0.4, 0.5) is 5.69 Å². The number of carbonyl (C=O) groups excluding carboxylic acids is 1. The lowest BCUT2D eigenvalue weighted by molar-refractivity contribution is -0.147. The van der Waals surface area contributed by atoms with Crippen molar-refractivity contribution in [2.75, 3.05) is 18.4 Å². The van der Waals surface area contributed by atoms with E-state index in [1.807, 2.05) is 31.2 Å². The highest BCUT2D eigenvalue weighted by Crippen LogP contribution is 2.22. The maximum absolute atomic E-state index is 11.7. The standard InChI is InChI=1S/C14H19N3O3/c1-9-3-2-4-10(5-9)16-11-6-12(14(19)20)17(8-11)13(18)7-15/h2-5,11-12,16H,6-8,15H2,1H3,(H,19,20). The van der Waals surface area contributed by atoms with E-state index in [9.17, 15) is 14.7 Å². The second-order valence-corrected chi connectivity index (χ2v) is 5.05. The van der Waals surface area contributed by atoms with Crippen molar-refractivity contribution in [1.29, 1.82) is 0 Å². The lowest BCUT2D eigenvalue weighted by atomic mass is 10.1. The molecule has 6 nitrogen and oxygen atoms in total. The van der Waals surface area contributed by atoms with Gasteiger partial charge in [-0.25, -0.2) is 4.79 Å². The number of carboxylic acid groups (broad SMARTS) is 1. The molecule has 4 N–H and O–H groups in total. The van der Waals surface area contributed by atoms with Crippen LogP contribution < -0.4 is 11.1 Å². The van der Waals surface area contributed by atoms with Crippen molar-refractivity contribution in [3.8, 4) is 0 Å². The van der Waals surface area contributed by atoms with E-state index in [0.29, 0.717) is 13.0 Å². The van der Waals surface area contributed by atoms with Crippen LogP contribution in [-0.4, -0.2) is 47.1 Å². The van der Waals surface area contributed by atoms with Gasteiger partial charge in [0.25, 0.3) is 0 Å². The normalized spacial score (nSPS) is 21.8. The number of nitrogens with two attached hydrogens (primary N) is 1. The first-order valence-electron chi connectivity index (χ1n) is 6.57. The smallest absolute Gasteiger partial charge is 0.326 e. The third-order valence-corrected chi connectivity index (χ3v) is 3.47. The summed E-state index contributed by atoms with van der Waals surface area (Å²) in [6.45, 7) is 2.19. The van der Waals surface area contributed by atoms with E-state index >= 15 is 0 Å². The Bertz CT molecular complexity index is 518. The van der Waals surface area contributed by atoms with Crippen LogP contribution in [0, 0.1) is 6.92 Å². The summed E-state index contributed by atoms with van der Waals surface area (Å²) >= 11 is 0. The van der Waals surface area contributed by atoms with Crippen molar-refractivity contribution in [2.45, 2.75) is 25.4 Å². The first-order chi connectivity index (χ1) is 9.51. The zero-order valence-corrected chi connectivity index (χ0v) is 11.4. The van der Waals surface area contributed by atoms with Crippen LogP contribution in [0.2, 0.25) is 0 Å². The molecule has 0 aliphatic carbocycles. The average molecular weight is 277 g/mol. The van der Waals surface area contributed by atoms with E-state index < -0.39 is 12.0 Å². The Morgan fingerprint density at radius 1 is 1.50 bits per heavy atom. The van der Waals surface area contributed by atoms with Crippen LogP contribution >= 0.6 is 0 Å². The van der Waals surface area contributed by atoms with Gasteiger partial charge in [0, 0.05) is 24.7 Å². The molecule has 0 radical (unpaired) electrons. The molecule has 0 saturated carbocycles. The number of carboxylic acids is 1. The third-order valence-electron chi connectivity index (χ3n) is 3.47. The zero-order valence-electron chi connectivity index (χ0n) is 11.4. The minimum atomic E-state index is -0.986. The molecule has 2 atom stereocenters. The van der Waals surface area contributed by atoms with E-state index in [1.54, 1.807) is 0 Å². The molecule has 20 heavy (non-hydrogen) atoms. The summed E-state index contributed by atoms with van der Waals surface area (Å²) < 4.78 is 0. The van der Waals surface area contributed by atoms with Crippen molar-refractivity contribution in [1.82, 2.24) is 4.90 Å². The molecule has 1 aliphatic rings. The Kier molecular flexibility index (Phi) is 4.24. The number of carbonyl (C=O) groups is 2. The third kappa shape index (κ3) is 3.08. The summed E-state index contributed by atoms with van der Waals surface area (Å²) in [5.41, 5.74) is 7.38. The number of anilines is 1. The van der Waals surface area contributed by atoms with Gasteiger partial charge in [0.1, 0.15) is 6.04 Å². The summed E-state index contributed by atoms with van der Waals surface area (Å²) in [7, 11) is 0. The van der Waals surface area contributed by atoms with Gasteiger partial charge in [0.05, 0.1) is 6.54 Å². The van der Waals surface area contributed by atoms with Crippen molar-refractivity contribution < 1.29 is 14.7 Å². The average Bonchev–Trinajstić information content (AvgIpc) is 2.82. The van der Waals surface area contributed by atoms with Gasteiger partial charge in [0.2, 0.25) is 5.91 Å². The van der Waals surface area contributed by atoms with Crippen LogP contribution in [0.1, 0.15) is 12.0 Å². The van der Waals surface area contributed by atoms with Gasteiger partial charge < -0.3 is 21.1 Å². The number of amides is 1. The second kappa shape index (κ2) is 5.92. The summed E-state index contributed by atoms with van der Waals surface area (Å²) in [4.78, 5) is 24.3. The molecule has 6 heteroatoms. The predicted molar refractivity (Wildman–Crippen MR) is 75.4 cm³/mol. The Labute approximate surface area is 117 Å². The summed E-state index contributed by atoms with van der Waals surface area (Å²) in [6.07, 6.45) is 0.384. The first-order valence-corrected chi connectivity index (χ1v) is 6.57. The Morgan fingerprint density at radius 2 is 2.25 bits per heavy atom. The summed E-state index contributed by atoms with van der Waals surface area (Å²) in [5, 5.41) is 12.5. The number of hydrogen-bond donors (Lipinski definition) is 3. The molecular formula is C14H19N3O3. The van der Waals surface area contributed by atoms with E-state index in [2.05, 4.69) is 5.32 Å². The van der Waals surface area contributed by atoms with Crippen molar-refractivity contribution in [3.63, 3.8) is 0 Å². The van der Waals surface area contributed by atoms with Crippen LogP contribution in [0.5, 0.6) is 0 Å². The Hall–Kier alpha value is -2.08. The highest BCUT2D eigenvalue weighted by Gasteiger charge is 2.39. The monoisotopic (exact) mass is 277 g/mol. The molecular weight excluding hydrogens is 258 g/mol. The van der Waals surface area contributed by atoms with Crippen molar-refractivity contribution >= 4 is 17.6 Å². The largest absolute Gasteiger partial charge is 0.480 e. The van der Waals surface area contributed by atoms with Crippen LogP contribution in [0.3, 0.4) is 0 Å². The van der Waals surface area contributed by atoms with Gasteiger partial charge in [-0.3, -0.25) is 4.79 Å². The molecule has 1 aromatic rings. The molecule has 2 unspecified atom stereocenters. The lowest BCUT2D eigenvalue weighted by Crippen LogP contribution is -2.43. The number of nitrogens with zero attached hydrogens (tertiary/aromatic N) is 1. The second-order valence-electron chi connectivity index (χ2n) is 5.05. The van der Waals surface area contributed by atoms with E-state index in [0.717, 1.165) is 11.3 Å². The van der Waals surface area contributed by atoms with Crippen LogP contribution in [0.15, 0.2) is 24.3 Å². The topological polar surface area (TPSA) is 95.7 Å². The summed E-state index contributed by atoms with van der Waals surface area (Å²) in [6, 6.07) is 6.97. The van der Waals surface area contributed by atoms with Gasteiger partial charge in [-0.15, -0.1) is 0 Å². The molecule has 1 amide bonds. The first kappa shape index (κ1) is 14.3. The minimum absolute atomic E-state index is 0.0756. The molecule has 0 bridgehead atoms. The van der Waals surface area contributed by atoms with Gasteiger partial charge in [0.15, 0.2) is 0 Å². The van der Waals surface area contributed by atoms with Gasteiger partial charge in [-0.05, 0) is 24.6 Å². The number of likely N-dealkylation sites (tertiary alicyclic amines) is 1. The van der Waals surface area contributed by atoms with E-state index in [4.69, 9.17) is 5.73 Å². The number of aryl methyl sites for hydroxylation is 1. The number of benzene rings is 1. The maximum Gasteiger partial charge on any atom is 0.326 e. The molecule has 1 saturated heterocycles. The number of aliphatic carboxylic acids is 1. The maximum atomic E-state index is 11.7. The summed E-state index contributed by atoms with van der Waals surface area (Å²) in [5.74, 6) is -1.31. The molecule has 0 spiro atoms. The van der Waals surface area contributed by atoms with Gasteiger partial charge in [-0.1, -0.05) is 12.1 Å². The molecule has 1 fully saturated rings. The number of hydrogen-bond acceptors (Lipinski definition) is 4. The van der Waals surface area contributed by atoms with Gasteiger partial charge in [-0.2, -0.15) is 0 Å². The van der Waals surface area contributed by atoms with Crippen molar-refractivity contribution in [2.24, 2.45) is 5.73 Å². The Morgan fingerprint density at radius 3 is 2.85 bits per heavy atom. The number of nitrogens with one attached hydrogen (secondary N) is 1. The molecule has 1 heterocycles. The predicted octanol–water partition coefficient (Wildman–Crippen LogP) is 0.420. The highest BCUT2D eigenvalue weighted by molar-refractivity contribution is 5.85. The van der Waals surface area contributed by atoms with Crippen molar-refractivity contribution in [3.05, 3.63) is 29.8 Å². The van der Waals surface area contributed by atoms with Crippen LogP contribution in [0.25, 0.3) is 0 Å². The fourth-order valence-corrected chi connectivity index (χ4v) is 2.54.